The molecule has 7 nitrogen and oxygen atoms in total. The summed E-state index contributed by atoms with van der Waals surface area (Å²) in [5.74, 6) is -0.415. The van der Waals surface area contributed by atoms with Gasteiger partial charge in [-0.05, 0) is 69.3 Å². The van der Waals surface area contributed by atoms with Gasteiger partial charge in [0.05, 0.1) is 12.1 Å². The Hall–Kier alpha value is -2.93. The molecule has 1 fully saturated rings. The van der Waals surface area contributed by atoms with Crippen LogP contribution < -0.4 is 16.6 Å². The second-order valence-electron chi connectivity index (χ2n) is 8.61. The third-order valence-electron chi connectivity index (χ3n) is 6.13. The van der Waals surface area contributed by atoms with Crippen LogP contribution >= 0.6 is 0 Å². The van der Waals surface area contributed by atoms with Gasteiger partial charge in [-0.15, -0.1) is 0 Å². The number of hydrogen-bond acceptors (Lipinski definition) is 4. The smallest absolute Gasteiger partial charge is 0.263 e. The maximum Gasteiger partial charge on any atom is 0.263 e. The molecule has 1 aromatic carbocycles. The highest BCUT2D eigenvalue weighted by Crippen LogP contribution is 2.21. The molecule has 3 N–H and O–H groups in total. The van der Waals surface area contributed by atoms with Gasteiger partial charge in [0.2, 0.25) is 0 Å². The number of carbonyl (C=O) groups excluding carboxylic acids is 2. The summed E-state index contributed by atoms with van der Waals surface area (Å²) in [5, 5.41) is 2.93. The van der Waals surface area contributed by atoms with Crippen molar-refractivity contribution in [2.24, 2.45) is 11.7 Å². The number of pyridine rings is 1. The van der Waals surface area contributed by atoms with Crippen molar-refractivity contribution in [3.8, 4) is 0 Å². The lowest BCUT2D eigenvalue weighted by Crippen LogP contribution is -2.34. The topological polar surface area (TPSA) is 97.4 Å². The molecule has 1 saturated heterocycles. The lowest BCUT2D eigenvalue weighted by molar-refractivity contribution is 0.0950. The van der Waals surface area contributed by atoms with E-state index < -0.39 is 11.5 Å². The second kappa shape index (κ2) is 11.6. The summed E-state index contributed by atoms with van der Waals surface area (Å²) < 4.78 is 1.37. The first kappa shape index (κ1) is 23.7. The van der Waals surface area contributed by atoms with Gasteiger partial charge in [-0.3, -0.25) is 14.4 Å². The Bertz CT molecular complexity index is 963. The van der Waals surface area contributed by atoms with Crippen LogP contribution in [0, 0.1) is 5.92 Å². The lowest BCUT2D eigenvalue weighted by atomic mass is 9.92. The zero-order valence-electron chi connectivity index (χ0n) is 18.9. The van der Waals surface area contributed by atoms with E-state index in [-0.39, 0.29) is 23.6 Å². The molecule has 0 unspecified atom stereocenters. The molecule has 1 aromatic heterocycles. The van der Waals surface area contributed by atoms with Crippen molar-refractivity contribution in [1.29, 1.82) is 0 Å². The Kier molecular flexibility index (Phi) is 8.62. The third kappa shape index (κ3) is 6.53. The van der Waals surface area contributed by atoms with Crippen LogP contribution in [-0.2, 0) is 6.54 Å². The van der Waals surface area contributed by atoms with Crippen molar-refractivity contribution in [3.05, 3.63) is 69.6 Å². The zero-order chi connectivity index (χ0) is 22.9. The molecule has 2 aromatic rings. The van der Waals surface area contributed by atoms with Crippen molar-refractivity contribution in [3.63, 3.8) is 0 Å². The van der Waals surface area contributed by atoms with E-state index in [1.54, 1.807) is 0 Å². The van der Waals surface area contributed by atoms with E-state index in [1.807, 2.05) is 30.3 Å². The molecule has 0 bridgehead atoms. The Morgan fingerprint density at radius 2 is 1.88 bits per heavy atom. The monoisotopic (exact) mass is 438 g/mol. The van der Waals surface area contributed by atoms with E-state index in [1.165, 1.54) is 55.7 Å². The molecular formula is C25H34N4O3. The largest absolute Gasteiger partial charge is 0.365 e. The van der Waals surface area contributed by atoms with Crippen molar-refractivity contribution in [1.82, 2.24) is 14.8 Å². The van der Waals surface area contributed by atoms with Crippen molar-refractivity contribution in [2.45, 2.75) is 45.6 Å². The number of aromatic nitrogens is 1. The molecule has 1 aliphatic heterocycles. The van der Waals surface area contributed by atoms with E-state index >= 15 is 0 Å². The van der Waals surface area contributed by atoms with Gasteiger partial charge in [0.25, 0.3) is 17.4 Å². The fourth-order valence-corrected chi connectivity index (χ4v) is 4.34. The van der Waals surface area contributed by atoms with Crippen molar-refractivity contribution < 1.29 is 9.59 Å². The fraction of sp³-hybridized carbons (Fsp3) is 0.480. The van der Waals surface area contributed by atoms with Crippen LogP contribution in [0.2, 0.25) is 0 Å². The minimum absolute atomic E-state index is 0.174. The molecule has 2 amide bonds. The van der Waals surface area contributed by atoms with Crippen LogP contribution in [0.15, 0.2) is 47.4 Å². The number of amides is 2. The van der Waals surface area contributed by atoms with Crippen LogP contribution in [-0.4, -0.2) is 47.5 Å². The van der Waals surface area contributed by atoms with E-state index in [4.69, 9.17) is 5.73 Å². The number of primary amides is 1. The molecule has 3 rings (SSSR count). The summed E-state index contributed by atoms with van der Waals surface area (Å²) in [6, 6.07) is 10.7. The molecule has 0 spiro atoms. The van der Waals surface area contributed by atoms with Gasteiger partial charge >= 0.3 is 0 Å². The molecule has 172 valence electrons. The first-order chi connectivity index (χ1) is 15.5. The van der Waals surface area contributed by atoms with Gasteiger partial charge in [0.1, 0.15) is 5.56 Å². The Morgan fingerprint density at radius 1 is 1.16 bits per heavy atom. The summed E-state index contributed by atoms with van der Waals surface area (Å²) in [7, 11) is 0. The van der Waals surface area contributed by atoms with E-state index in [9.17, 15) is 14.4 Å². The summed E-state index contributed by atoms with van der Waals surface area (Å²) in [5.41, 5.74) is 5.89. The van der Waals surface area contributed by atoms with Gasteiger partial charge in [-0.2, -0.15) is 0 Å². The number of nitrogens with zero attached hydrogens (tertiary/aromatic N) is 2. The summed E-state index contributed by atoms with van der Waals surface area (Å²) in [6.45, 7) is 6.57. The number of hydrogen-bond donors (Lipinski definition) is 2. The van der Waals surface area contributed by atoms with Gasteiger partial charge in [-0.1, -0.05) is 37.3 Å². The SMILES string of the molecule is CCCN1CCC(CCCNC(=O)c2cc(C(N)=O)c(=O)n(Cc3ccccc3)c2)CC1. The minimum atomic E-state index is -0.833. The van der Waals surface area contributed by atoms with Gasteiger partial charge in [0, 0.05) is 12.7 Å². The molecule has 0 saturated carbocycles. The van der Waals surface area contributed by atoms with Crippen LogP contribution in [0.25, 0.3) is 0 Å². The molecule has 0 aliphatic carbocycles. The number of nitrogens with one attached hydrogen (secondary N) is 1. The van der Waals surface area contributed by atoms with Crippen LogP contribution in [0.4, 0.5) is 0 Å². The highest BCUT2D eigenvalue weighted by molar-refractivity contribution is 5.98. The second-order valence-corrected chi connectivity index (χ2v) is 8.61. The normalized spacial score (nSPS) is 14.9. The summed E-state index contributed by atoms with van der Waals surface area (Å²) >= 11 is 0. The fourth-order valence-electron chi connectivity index (χ4n) is 4.34. The Morgan fingerprint density at radius 3 is 2.53 bits per heavy atom. The Labute approximate surface area is 189 Å². The zero-order valence-corrected chi connectivity index (χ0v) is 18.9. The third-order valence-corrected chi connectivity index (χ3v) is 6.13. The van der Waals surface area contributed by atoms with Crippen LogP contribution in [0.3, 0.4) is 0 Å². The Balaban J connectivity index is 1.57. The standard InChI is InChI=1S/C25H34N4O3/c1-2-13-28-14-10-19(11-15-28)9-6-12-27-24(31)21-16-22(23(26)30)25(32)29(18-21)17-20-7-4-3-5-8-20/h3-5,7-8,16,18-19H,2,6,9-15,17H2,1H3,(H2,26,30)(H,27,31). The minimum Gasteiger partial charge on any atom is -0.365 e. The maximum atomic E-state index is 12.7. The molecule has 2 heterocycles. The number of carbonyl (C=O) groups is 2. The number of rotatable bonds is 10. The molecule has 1 aliphatic rings. The molecule has 32 heavy (non-hydrogen) atoms. The number of benzene rings is 1. The maximum absolute atomic E-state index is 12.7. The first-order valence-corrected chi connectivity index (χ1v) is 11.6. The lowest BCUT2D eigenvalue weighted by Gasteiger charge is -2.31. The summed E-state index contributed by atoms with van der Waals surface area (Å²) in [6.07, 6.45) is 7.16. The van der Waals surface area contributed by atoms with E-state index in [2.05, 4.69) is 17.1 Å². The van der Waals surface area contributed by atoms with Crippen molar-refractivity contribution >= 4 is 11.8 Å². The van der Waals surface area contributed by atoms with E-state index in [0.29, 0.717) is 12.5 Å². The van der Waals surface area contributed by atoms with Crippen molar-refractivity contribution in [2.75, 3.05) is 26.2 Å². The van der Waals surface area contributed by atoms with E-state index in [0.717, 1.165) is 18.4 Å². The molecule has 0 radical (unpaired) electrons. The average molecular weight is 439 g/mol. The predicted molar refractivity (Wildman–Crippen MR) is 126 cm³/mol. The number of piperidine rings is 1. The molecular weight excluding hydrogens is 404 g/mol. The average Bonchev–Trinajstić information content (AvgIpc) is 2.79. The number of nitrogens with two attached hydrogens (primary N) is 1. The predicted octanol–water partition coefficient (Wildman–Crippen LogP) is 2.63. The highest BCUT2D eigenvalue weighted by Gasteiger charge is 2.19. The number of likely N-dealkylation sites (tertiary alicyclic amines) is 1. The summed E-state index contributed by atoms with van der Waals surface area (Å²) in [4.78, 5) is 39.6. The van der Waals surface area contributed by atoms with Crippen LogP contribution in [0.1, 0.15) is 65.3 Å². The quantitative estimate of drug-likeness (QED) is 0.557. The molecule has 7 heteroatoms. The first-order valence-electron chi connectivity index (χ1n) is 11.6. The molecule has 0 atom stereocenters. The van der Waals surface area contributed by atoms with Gasteiger partial charge in [0.15, 0.2) is 0 Å². The van der Waals surface area contributed by atoms with Gasteiger partial charge < -0.3 is 20.5 Å². The van der Waals surface area contributed by atoms with Gasteiger partial charge in [-0.25, -0.2) is 0 Å². The highest BCUT2D eigenvalue weighted by atomic mass is 16.2. The van der Waals surface area contributed by atoms with Crippen LogP contribution in [0.5, 0.6) is 0 Å².